The van der Waals surface area contributed by atoms with Crippen molar-refractivity contribution in [3.05, 3.63) is 95.4 Å². The normalized spacial score (nSPS) is 14.3. The molecule has 0 spiro atoms. The molecule has 174 valence electrons. The van der Waals surface area contributed by atoms with Crippen LogP contribution in [0.15, 0.2) is 95.1 Å². The van der Waals surface area contributed by atoms with Gasteiger partial charge in [-0.05, 0) is 31.5 Å². The van der Waals surface area contributed by atoms with Crippen LogP contribution >= 0.6 is 11.3 Å². The van der Waals surface area contributed by atoms with E-state index in [-0.39, 0.29) is 11.6 Å². The van der Waals surface area contributed by atoms with Gasteiger partial charge in [0.25, 0.3) is 0 Å². The first-order chi connectivity index (χ1) is 17.1. The van der Waals surface area contributed by atoms with Gasteiger partial charge in [-0.25, -0.2) is 4.98 Å². The Balaban J connectivity index is 1.33. The third kappa shape index (κ3) is 4.83. The van der Waals surface area contributed by atoms with Crippen LogP contribution in [0.4, 0.5) is 10.8 Å². The van der Waals surface area contributed by atoms with E-state index < -0.39 is 0 Å². The van der Waals surface area contributed by atoms with Gasteiger partial charge in [-0.1, -0.05) is 84.1 Å². The zero-order valence-electron chi connectivity index (χ0n) is 19.3. The molecule has 35 heavy (non-hydrogen) atoms. The zero-order chi connectivity index (χ0) is 24.2. The molecule has 2 heterocycles. The van der Waals surface area contributed by atoms with E-state index in [1.807, 2.05) is 91.9 Å². The number of carbonyl (C=O) groups excluding carboxylic acids is 1. The summed E-state index contributed by atoms with van der Waals surface area (Å²) in [7, 11) is 0. The highest BCUT2D eigenvalue weighted by molar-refractivity contribution is 7.16. The van der Waals surface area contributed by atoms with E-state index in [2.05, 4.69) is 20.6 Å². The first kappa shape index (κ1) is 22.5. The molecule has 0 saturated heterocycles. The fourth-order valence-corrected chi connectivity index (χ4v) is 4.51. The molecule has 1 N–H and O–H groups in total. The summed E-state index contributed by atoms with van der Waals surface area (Å²) in [5.74, 6) is 0.312. The number of rotatable bonds is 7. The molecule has 0 saturated carbocycles. The average Bonchev–Trinajstić information content (AvgIpc) is 3.41. The van der Waals surface area contributed by atoms with Crippen molar-refractivity contribution in [3.8, 4) is 17.0 Å². The molecule has 7 nitrogen and oxygen atoms in total. The lowest BCUT2D eigenvalue weighted by atomic mass is 10.1. The standard InChI is InChI=1S/C27H23N5O2S/c1-18-24(30-29-22-15-9-10-16-23(22)34-17-20-11-5-3-6-12-20)26(33)32(31-18)27-28-25(19(2)35-27)21-13-7-4-8-14-21/h3-16,29H,17H2,1-2H3/b30-24+. The molecule has 5 rings (SSSR count). The van der Waals surface area contributed by atoms with E-state index in [1.54, 1.807) is 6.92 Å². The van der Waals surface area contributed by atoms with Crippen LogP contribution in [0.2, 0.25) is 0 Å². The first-order valence-corrected chi connectivity index (χ1v) is 11.9. The van der Waals surface area contributed by atoms with Crippen molar-refractivity contribution < 1.29 is 9.53 Å². The van der Waals surface area contributed by atoms with Gasteiger partial charge >= 0.3 is 5.91 Å². The molecule has 3 aromatic carbocycles. The second-order valence-corrected chi connectivity index (χ2v) is 9.09. The largest absolute Gasteiger partial charge is 0.487 e. The van der Waals surface area contributed by atoms with Crippen LogP contribution < -0.4 is 15.2 Å². The van der Waals surface area contributed by atoms with Gasteiger partial charge in [-0.3, -0.25) is 10.2 Å². The lowest BCUT2D eigenvalue weighted by Gasteiger charge is -2.11. The third-order valence-electron chi connectivity index (χ3n) is 5.41. The van der Waals surface area contributed by atoms with Crippen molar-refractivity contribution in [2.24, 2.45) is 10.2 Å². The highest BCUT2D eigenvalue weighted by atomic mass is 32.1. The number of aromatic nitrogens is 1. The highest BCUT2D eigenvalue weighted by Crippen LogP contribution is 2.34. The van der Waals surface area contributed by atoms with Gasteiger partial charge in [0.2, 0.25) is 5.13 Å². The van der Waals surface area contributed by atoms with Gasteiger partial charge in [-0.15, -0.1) is 0 Å². The number of thiazole rings is 1. The Morgan fingerprint density at radius 1 is 0.943 bits per heavy atom. The van der Waals surface area contributed by atoms with Gasteiger partial charge in [-0.2, -0.15) is 15.2 Å². The zero-order valence-corrected chi connectivity index (χ0v) is 20.1. The number of nitrogens with zero attached hydrogens (tertiary/aromatic N) is 4. The molecule has 0 unspecified atom stereocenters. The first-order valence-electron chi connectivity index (χ1n) is 11.1. The molecule has 1 aliphatic heterocycles. The summed E-state index contributed by atoms with van der Waals surface area (Å²) >= 11 is 1.43. The maximum atomic E-state index is 13.2. The van der Waals surface area contributed by atoms with E-state index in [0.29, 0.717) is 28.9 Å². The third-order valence-corrected chi connectivity index (χ3v) is 6.36. The molecule has 0 atom stereocenters. The van der Waals surface area contributed by atoms with Crippen LogP contribution in [0.25, 0.3) is 11.3 Å². The smallest absolute Gasteiger partial charge is 0.303 e. The minimum atomic E-state index is -0.328. The Labute approximate surface area is 207 Å². The van der Waals surface area contributed by atoms with Crippen LogP contribution in [0.1, 0.15) is 17.4 Å². The summed E-state index contributed by atoms with van der Waals surface area (Å²) in [4.78, 5) is 18.9. The number of amides is 1. The van der Waals surface area contributed by atoms with Crippen molar-refractivity contribution >= 4 is 39.5 Å². The Morgan fingerprint density at radius 2 is 1.63 bits per heavy atom. The van der Waals surface area contributed by atoms with E-state index in [9.17, 15) is 4.79 Å². The predicted octanol–water partition coefficient (Wildman–Crippen LogP) is 5.89. The monoisotopic (exact) mass is 481 g/mol. The molecule has 0 bridgehead atoms. The number of nitrogens with one attached hydrogen (secondary N) is 1. The molecule has 1 amide bonds. The van der Waals surface area contributed by atoms with Crippen LogP contribution in [-0.4, -0.2) is 22.3 Å². The summed E-state index contributed by atoms with van der Waals surface area (Å²) in [6.45, 7) is 4.18. The summed E-state index contributed by atoms with van der Waals surface area (Å²) < 4.78 is 5.97. The maximum Gasteiger partial charge on any atom is 0.303 e. The Hall–Kier alpha value is -4.30. The van der Waals surface area contributed by atoms with Crippen LogP contribution in [0.3, 0.4) is 0 Å². The molecule has 0 fully saturated rings. The SMILES string of the molecule is CC1=NN(c2nc(-c3ccccc3)c(C)s2)C(=O)/C1=N/Nc1ccccc1OCc1ccccc1. The maximum absolute atomic E-state index is 13.2. The van der Waals surface area contributed by atoms with E-state index in [1.165, 1.54) is 16.3 Å². The van der Waals surface area contributed by atoms with Crippen LogP contribution in [0.5, 0.6) is 5.75 Å². The average molecular weight is 482 g/mol. The van der Waals surface area contributed by atoms with Gasteiger partial charge in [0.05, 0.1) is 17.1 Å². The van der Waals surface area contributed by atoms with E-state index in [0.717, 1.165) is 21.7 Å². The number of ether oxygens (including phenoxy) is 1. The summed E-state index contributed by atoms with van der Waals surface area (Å²) in [5.41, 5.74) is 7.30. The summed E-state index contributed by atoms with van der Waals surface area (Å²) in [6, 6.07) is 27.3. The number of hydrogen-bond acceptors (Lipinski definition) is 7. The molecule has 0 aliphatic carbocycles. The van der Waals surface area contributed by atoms with Gasteiger partial charge in [0.1, 0.15) is 12.4 Å². The van der Waals surface area contributed by atoms with Crippen molar-refractivity contribution in [2.75, 3.05) is 10.4 Å². The lowest BCUT2D eigenvalue weighted by molar-refractivity contribution is -0.112. The number of hydrazone groups is 2. The quantitative estimate of drug-likeness (QED) is 0.334. The number of anilines is 2. The Morgan fingerprint density at radius 3 is 2.40 bits per heavy atom. The van der Waals surface area contributed by atoms with Gasteiger partial charge in [0, 0.05) is 10.4 Å². The Kier molecular flexibility index (Phi) is 6.36. The summed E-state index contributed by atoms with van der Waals surface area (Å²) in [5, 5.41) is 10.6. The van der Waals surface area contributed by atoms with E-state index in [4.69, 9.17) is 4.74 Å². The van der Waals surface area contributed by atoms with Crippen LogP contribution in [-0.2, 0) is 11.4 Å². The second kappa shape index (κ2) is 9.90. The second-order valence-electron chi connectivity index (χ2n) is 7.91. The van der Waals surface area contributed by atoms with Gasteiger partial charge in [0.15, 0.2) is 5.71 Å². The highest BCUT2D eigenvalue weighted by Gasteiger charge is 2.33. The number of para-hydroxylation sites is 2. The number of carbonyl (C=O) groups is 1. The number of hydrogen-bond donors (Lipinski definition) is 1. The molecular formula is C27H23N5O2S. The molecule has 1 aliphatic rings. The van der Waals surface area contributed by atoms with Crippen molar-refractivity contribution in [3.63, 3.8) is 0 Å². The fraction of sp³-hybridized carbons (Fsp3) is 0.111. The number of benzene rings is 3. The van der Waals surface area contributed by atoms with Crippen LogP contribution in [0, 0.1) is 6.92 Å². The Bertz CT molecular complexity index is 1410. The molecule has 8 heteroatoms. The van der Waals surface area contributed by atoms with Crippen molar-refractivity contribution in [1.82, 2.24) is 4.98 Å². The lowest BCUT2D eigenvalue weighted by Crippen LogP contribution is -2.27. The minimum absolute atomic E-state index is 0.233. The van der Waals surface area contributed by atoms with Crippen molar-refractivity contribution in [1.29, 1.82) is 0 Å². The molecule has 4 aromatic rings. The fourth-order valence-electron chi connectivity index (χ4n) is 3.63. The van der Waals surface area contributed by atoms with Gasteiger partial charge < -0.3 is 4.74 Å². The molecular weight excluding hydrogens is 458 g/mol. The molecule has 1 aromatic heterocycles. The molecule has 0 radical (unpaired) electrons. The van der Waals surface area contributed by atoms with Crippen molar-refractivity contribution in [2.45, 2.75) is 20.5 Å². The minimum Gasteiger partial charge on any atom is -0.487 e. The summed E-state index contributed by atoms with van der Waals surface area (Å²) in [6.07, 6.45) is 0. The topological polar surface area (TPSA) is 79.2 Å². The predicted molar refractivity (Wildman–Crippen MR) is 141 cm³/mol. The number of aryl methyl sites for hydroxylation is 1. The van der Waals surface area contributed by atoms with E-state index >= 15 is 0 Å².